The van der Waals surface area contributed by atoms with Crippen molar-refractivity contribution in [3.05, 3.63) is 24.1 Å². The summed E-state index contributed by atoms with van der Waals surface area (Å²) in [7, 11) is 0. The summed E-state index contributed by atoms with van der Waals surface area (Å²) >= 11 is 0. The Bertz CT molecular complexity index is 656. The molecular weight excluding hydrogens is 296 g/mol. The molecule has 7 nitrogen and oxygen atoms in total. The fourth-order valence-electron chi connectivity index (χ4n) is 1.75. The van der Waals surface area contributed by atoms with Crippen LogP contribution in [-0.2, 0) is 16.0 Å². The number of aromatic nitrogens is 1. The molecule has 0 spiro atoms. The van der Waals surface area contributed by atoms with E-state index in [2.05, 4.69) is 10.3 Å². The SMILES string of the molecule is CCc1nc2cc(NC(=O)C(N)CC(N)=O)ccc2o1.Cl. The van der Waals surface area contributed by atoms with Crippen LogP contribution in [0.1, 0.15) is 19.2 Å². The number of nitrogens with one attached hydrogen (secondary N) is 1. The zero-order valence-corrected chi connectivity index (χ0v) is 12.3. The Hall–Kier alpha value is -2.12. The number of amides is 2. The predicted molar refractivity (Wildman–Crippen MR) is 81.1 cm³/mol. The first-order valence-electron chi connectivity index (χ1n) is 6.23. The second-order valence-corrected chi connectivity index (χ2v) is 4.41. The zero-order chi connectivity index (χ0) is 14.7. The maximum Gasteiger partial charge on any atom is 0.241 e. The number of carbonyl (C=O) groups is 2. The summed E-state index contributed by atoms with van der Waals surface area (Å²) in [5, 5.41) is 2.61. The number of anilines is 1. The molecule has 0 bridgehead atoms. The summed E-state index contributed by atoms with van der Waals surface area (Å²) in [4.78, 5) is 26.7. The summed E-state index contributed by atoms with van der Waals surface area (Å²) in [5.41, 5.74) is 12.4. The number of oxazole rings is 1. The average Bonchev–Trinajstić information content (AvgIpc) is 2.80. The molecule has 1 atom stereocenters. The van der Waals surface area contributed by atoms with Gasteiger partial charge in [-0.25, -0.2) is 4.98 Å². The van der Waals surface area contributed by atoms with Gasteiger partial charge in [0.05, 0.1) is 12.5 Å². The Morgan fingerprint density at radius 2 is 2.14 bits per heavy atom. The lowest BCUT2D eigenvalue weighted by Crippen LogP contribution is -2.38. The number of aryl methyl sites for hydroxylation is 1. The molecule has 1 heterocycles. The molecular formula is C13H17ClN4O3. The van der Waals surface area contributed by atoms with Crippen molar-refractivity contribution in [2.45, 2.75) is 25.8 Å². The van der Waals surface area contributed by atoms with Gasteiger partial charge in [0.2, 0.25) is 11.8 Å². The van der Waals surface area contributed by atoms with Crippen molar-refractivity contribution in [1.82, 2.24) is 4.98 Å². The molecule has 0 radical (unpaired) electrons. The number of carbonyl (C=O) groups excluding carboxylic acids is 2. The van der Waals surface area contributed by atoms with Gasteiger partial charge in [0.25, 0.3) is 0 Å². The molecule has 2 rings (SSSR count). The Balaban J connectivity index is 0.00000220. The summed E-state index contributed by atoms with van der Waals surface area (Å²) in [6, 6.07) is 4.12. The average molecular weight is 313 g/mol. The molecule has 114 valence electrons. The van der Waals surface area contributed by atoms with E-state index < -0.39 is 17.9 Å². The van der Waals surface area contributed by atoms with Crippen LogP contribution in [0.3, 0.4) is 0 Å². The van der Waals surface area contributed by atoms with Crippen LogP contribution >= 0.6 is 12.4 Å². The topological polar surface area (TPSA) is 124 Å². The molecule has 1 aromatic carbocycles. The highest BCUT2D eigenvalue weighted by Crippen LogP contribution is 2.20. The summed E-state index contributed by atoms with van der Waals surface area (Å²) in [6.07, 6.45) is 0.498. The number of benzene rings is 1. The van der Waals surface area contributed by atoms with E-state index in [4.69, 9.17) is 15.9 Å². The molecule has 21 heavy (non-hydrogen) atoms. The van der Waals surface area contributed by atoms with Crippen molar-refractivity contribution in [2.75, 3.05) is 5.32 Å². The van der Waals surface area contributed by atoms with Gasteiger partial charge in [-0.1, -0.05) is 6.92 Å². The van der Waals surface area contributed by atoms with Crippen molar-refractivity contribution in [1.29, 1.82) is 0 Å². The smallest absolute Gasteiger partial charge is 0.241 e. The molecule has 0 aliphatic heterocycles. The van der Waals surface area contributed by atoms with Gasteiger partial charge in [0.15, 0.2) is 11.5 Å². The van der Waals surface area contributed by atoms with Gasteiger partial charge >= 0.3 is 0 Å². The molecule has 1 unspecified atom stereocenters. The molecule has 0 fully saturated rings. The Labute approximate surface area is 127 Å². The van der Waals surface area contributed by atoms with Crippen molar-refractivity contribution in [2.24, 2.45) is 11.5 Å². The van der Waals surface area contributed by atoms with Crippen LogP contribution in [-0.4, -0.2) is 22.8 Å². The number of fused-ring (bicyclic) bond motifs is 1. The second kappa shape index (κ2) is 7.05. The largest absolute Gasteiger partial charge is 0.441 e. The fourth-order valence-corrected chi connectivity index (χ4v) is 1.75. The van der Waals surface area contributed by atoms with Crippen molar-refractivity contribution in [3.8, 4) is 0 Å². The lowest BCUT2D eigenvalue weighted by Gasteiger charge is -2.10. The minimum Gasteiger partial charge on any atom is -0.441 e. The van der Waals surface area contributed by atoms with Crippen LogP contribution in [0, 0.1) is 0 Å². The third-order valence-electron chi connectivity index (χ3n) is 2.76. The molecule has 1 aromatic heterocycles. The fraction of sp³-hybridized carbons (Fsp3) is 0.308. The minimum atomic E-state index is -0.966. The van der Waals surface area contributed by atoms with Gasteiger partial charge < -0.3 is 21.2 Å². The van der Waals surface area contributed by atoms with E-state index in [9.17, 15) is 9.59 Å². The maximum absolute atomic E-state index is 11.8. The number of rotatable bonds is 5. The van der Waals surface area contributed by atoms with Gasteiger partial charge in [-0.3, -0.25) is 9.59 Å². The van der Waals surface area contributed by atoms with Crippen molar-refractivity contribution >= 4 is 41.0 Å². The highest BCUT2D eigenvalue weighted by molar-refractivity contribution is 5.98. The van der Waals surface area contributed by atoms with Crippen molar-refractivity contribution in [3.63, 3.8) is 0 Å². The van der Waals surface area contributed by atoms with Crippen LogP contribution in [0.15, 0.2) is 22.6 Å². The lowest BCUT2D eigenvalue weighted by atomic mass is 10.2. The number of nitrogens with two attached hydrogens (primary N) is 2. The zero-order valence-electron chi connectivity index (χ0n) is 11.5. The predicted octanol–water partition coefficient (Wildman–Crippen LogP) is 0.953. The number of primary amides is 1. The van der Waals surface area contributed by atoms with Gasteiger partial charge in [0.1, 0.15) is 5.52 Å². The molecule has 2 amide bonds. The van der Waals surface area contributed by atoms with E-state index in [1.54, 1.807) is 18.2 Å². The first-order chi connectivity index (χ1) is 9.49. The number of halogens is 1. The molecule has 2 aromatic rings. The van der Waals surface area contributed by atoms with Crippen LogP contribution in [0.5, 0.6) is 0 Å². The highest BCUT2D eigenvalue weighted by atomic mass is 35.5. The van der Waals surface area contributed by atoms with Crippen molar-refractivity contribution < 1.29 is 14.0 Å². The Kier molecular flexibility index (Phi) is 5.69. The number of hydrogen-bond donors (Lipinski definition) is 3. The van der Waals surface area contributed by atoms with E-state index in [-0.39, 0.29) is 18.8 Å². The molecule has 0 aliphatic carbocycles. The van der Waals surface area contributed by atoms with Gasteiger partial charge in [-0.15, -0.1) is 12.4 Å². The second-order valence-electron chi connectivity index (χ2n) is 4.41. The highest BCUT2D eigenvalue weighted by Gasteiger charge is 2.16. The summed E-state index contributed by atoms with van der Waals surface area (Å²) in [6.45, 7) is 1.94. The van der Waals surface area contributed by atoms with E-state index in [1.807, 2.05) is 6.92 Å². The first-order valence-corrected chi connectivity index (χ1v) is 6.23. The maximum atomic E-state index is 11.8. The number of hydrogen-bond acceptors (Lipinski definition) is 5. The van der Waals surface area contributed by atoms with E-state index in [0.29, 0.717) is 29.1 Å². The van der Waals surface area contributed by atoms with E-state index in [0.717, 1.165) is 0 Å². The Morgan fingerprint density at radius 3 is 2.76 bits per heavy atom. The third-order valence-corrected chi connectivity index (χ3v) is 2.76. The summed E-state index contributed by atoms with van der Waals surface area (Å²) in [5.74, 6) is -0.455. The van der Waals surface area contributed by atoms with Crippen LogP contribution in [0.4, 0.5) is 5.69 Å². The van der Waals surface area contributed by atoms with Gasteiger partial charge in [-0.05, 0) is 18.2 Å². The Morgan fingerprint density at radius 1 is 1.43 bits per heavy atom. The quantitative estimate of drug-likeness (QED) is 0.758. The first kappa shape index (κ1) is 16.9. The van der Waals surface area contributed by atoms with Crippen LogP contribution in [0.2, 0.25) is 0 Å². The molecule has 0 saturated heterocycles. The molecule has 0 saturated carbocycles. The standard InChI is InChI=1S/C13H16N4O3.ClH/c1-2-12-17-9-5-7(3-4-10(9)20-12)16-13(19)8(14)6-11(15)18;/h3-5,8H,2,6,14H2,1H3,(H2,15,18)(H,16,19);1H. The van der Waals surface area contributed by atoms with Gasteiger partial charge in [0, 0.05) is 12.1 Å². The van der Waals surface area contributed by atoms with Crippen LogP contribution in [0.25, 0.3) is 11.1 Å². The lowest BCUT2D eigenvalue weighted by molar-refractivity contribution is -0.123. The van der Waals surface area contributed by atoms with Gasteiger partial charge in [-0.2, -0.15) is 0 Å². The number of nitrogens with zero attached hydrogens (tertiary/aromatic N) is 1. The summed E-state index contributed by atoms with van der Waals surface area (Å²) < 4.78 is 5.47. The van der Waals surface area contributed by atoms with E-state index in [1.165, 1.54) is 0 Å². The monoisotopic (exact) mass is 312 g/mol. The van der Waals surface area contributed by atoms with E-state index >= 15 is 0 Å². The van der Waals surface area contributed by atoms with Crippen LogP contribution < -0.4 is 16.8 Å². The molecule has 0 aliphatic rings. The molecule has 5 N–H and O–H groups in total. The molecule has 8 heteroatoms. The third kappa shape index (κ3) is 4.17. The normalized spacial score (nSPS) is 11.7. The minimum absolute atomic E-state index is 0.